The van der Waals surface area contributed by atoms with Crippen molar-refractivity contribution in [2.75, 3.05) is 7.11 Å². The van der Waals surface area contributed by atoms with Crippen LogP contribution in [0, 0.1) is 6.92 Å². The standard InChI is InChI=1S/C20H19NO/c1-14-4-5-18-13-16(6-7-17(18)12-14)15(2)21-19-8-10-20(22-3)11-9-19/h4-13H,1-3H3. The number of rotatable bonds is 3. The molecule has 0 spiro atoms. The Morgan fingerprint density at radius 2 is 1.55 bits per heavy atom. The summed E-state index contributed by atoms with van der Waals surface area (Å²) >= 11 is 0. The molecule has 0 fully saturated rings. The highest BCUT2D eigenvalue weighted by Gasteiger charge is 2.01. The first-order chi connectivity index (χ1) is 10.7. The van der Waals surface area contributed by atoms with Gasteiger partial charge in [0.15, 0.2) is 0 Å². The molecule has 0 saturated carbocycles. The molecule has 0 aromatic heterocycles. The van der Waals surface area contributed by atoms with Gasteiger partial charge in [0.2, 0.25) is 0 Å². The number of nitrogens with zero attached hydrogens (tertiary/aromatic N) is 1. The maximum Gasteiger partial charge on any atom is 0.119 e. The number of methoxy groups -OCH3 is 1. The van der Waals surface area contributed by atoms with Crippen LogP contribution in [0.15, 0.2) is 65.7 Å². The number of fused-ring (bicyclic) bond motifs is 1. The van der Waals surface area contributed by atoms with Crippen LogP contribution in [0.5, 0.6) is 5.75 Å². The minimum absolute atomic E-state index is 0.845. The van der Waals surface area contributed by atoms with E-state index >= 15 is 0 Å². The SMILES string of the molecule is COc1ccc(N=C(C)c2ccc3cc(C)ccc3c2)cc1. The minimum atomic E-state index is 0.845. The number of ether oxygens (including phenoxy) is 1. The van der Waals surface area contributed by atoms with Crippen molar-refractivity contribution < 1.29 is 4.74 Å². The quantitative estimate of drug-likeness (QED) is 0.600. The molecule has 3 rings (SSSR count). The Balaban J connectivity index is 1.94. The van der Waals surface area contributed by atoms with E-state index in [1.54, 1.807) is 7.11 Å². The molecular weight excluding hydrogens is 270 g/mol. The lowest BCUT2D eigenvalue weighted by Crippen LogP contribution is -1.94. The average Bonchev–Trinajstić information content (AvgIpc) is 2.55. The lowest BCUT2D eigenvalue weighted by molar-refractivity contribution is 0.415. The molecule has 0 aliphatic heterocycles. The van der Waals surface area contributed by atoms with E-state index in [4.69, 9.17) is 9.73 Å². The zero-order chi connectivity index (χ0) is 15.5. The maximum atomic E-state index is 5.17. The first-order valence-corrected chi connectivity index (χ1v) is 7.36. The Labute approximate surface area is 131 Å². The highest BCUT2D eigenvalue weighted by atomic mass is 16.5. The predicted octanol–water partition coefficient (Wildman–Crippen LogP) is 5.30. The van der Waals surface area contributed by atoms with Crippen molar-refractivity contribution in [1.29, 1.82) is 0 Å². The Morgan fingerprint density at radius 1 is 0.864 bits per heavy atom. The molecule has 0 N–H and O–H groups in total. The lowest BCUT2D eigenvalue weighted by Gasteiger charge is -2.05. The van der Waals surface area contributed by atoms with Gasteiger partial charge < -0.3 is 4.74 Å². The summed E-state index contributed by atoms with van der Waals surface area (Å²) < 4.78 is 5.17. The lowest BCUT2D eigenvalue weighted by atomic mass is 10.0. The Hall–Kier alpha value is -2.61. The van der Waals surface area contributed by atoms with E-state index in [9.17, 15) is 0 Å². The molecule has 0 unspecified atom stereocenters. The van der Waals surface area contributed by atoms with Gasteiger partial charge >= 0.3 is 0 Å². The van der Waals surface area contributed by atoms with Gasteiger partial charge in [-0.1, -0.05) is 35.9 Å². The monoisotopic (exact) mass is 289 g/mol. The summed E-state index contributed by atoms with van der Waals surface area (Å²) in [7, 11) is 1.67. The molecule has 3 aromatic rings. The van der Waals surface area contributed by atoms with Gasteiger partial charge in [0.1, 0.15) is 5.75 Å². The van der Waals surface area contributed by atoms with Crippen LogP contribution in [0.1, 0.15) is 18.1 Å². The molecule has 3 aromatic carbocycles. The van der Waals surface area contributed by atoms with Crippen molar-refractivity contribution in [2.45, 2.75) is 13.8 Å². The molecule has 2 nitrogen and oxygen atoms in total. The summed E-state index contributed by atoms with van der Waals surface area (Å²) in [6.45, 7) is 4.16. The number of hydrogen-bond acceptors (Lipinski definition) is 2. The third kappa shape index (κ3) is 3.01. The molecule has 0 aliphatic rings. The molecule has 0 bridgehead atoms. The molecule has 2 heteroatoms. The second-order valence-corrected chi connectivity index (χ2v) is 5.46. The van der Waals surface area contributed by atoms with Crippen molar-refractivity contribution in [3.63, 3.8) is 0 Å². The summed E-state index contributed by atoms with van der Waals surface area (Å²) in [6.07, 6.45) is 0. The van der Waals surface area contributed by atoms with Crippen molar-refractivity contribution in [2.24, 2.45) is 4.99 Å². The fraction of sp³-hybridized carbons (Fsp3) is 0.150. The Morgan fingerprint density at radius 3 is 2.27 bits per heavy atom. The fourth-order valence-corrected chi connectivity index (χ4v) is 2.51. The van der Waals surface area contributed by atoms with E-state index in [0.29, 0.717) is 0 Å². The Kier molecular flexibility index (Phi) is 3.92. The van der Waals surface area contributed by atoms with Crippen LogP contribution >= 0.6 is 0 Å². The van der Waals surface area contributed by atoms with Crippen molar-refractivity contribution in [1.82, 2.24) is 0 Å². The summed E-state index contributed by atoms with van der Waals surface area (Å²) in [5.41, 5.74) is 4.37. The molecule has 22 heavy (non-hydrogen) atoms. The van der Waals surface area contributed by atoms with E-state index in [1.165, 1.54) is 16.3 Å². The van der Waals surface area contributed by atoms with E-state index in [2.05, 4.69) is 43.3 Å². The van der Waals surface area contributed by atoms with E-state index in [-0.39, 0.29) is 0 Å². The molecule has 0 saturated heterocycles. The van der Waals surface area contributed by atoms with Crippen LogP contribution in [0.3, 0.4) is 0 Å². The first kappa shape index (κ1) is 14.3. The van der Waals surface area contributed by atoms with Crippen LogP contribution in [-0.2, 0) is 0 Å². The minimum Gasteiger partial charge on any atom is -0.497 e. The zero-order valence-corrected chi connectivity index (χ0v) is 13.1. The zero-order valence-electron chi connectivity index (χ0n) is 13.1. The predicted molar refractivity (Wildman–Crippen MR) is 93.6 cm³/mol. The highest BCUT2D eigenvalue weighted by Crippen LogP contribution is 2.21. The number of benzene rings is 3. The average molecular weight is 289 g/mol. The molecule has 0 amide bonds. The van der Waals surface area contributed by atoms with Gasteiger partial charge in [-0.05, 0) is 60.5 Å². The van der Waals surface area contributed by atoms with Crippen LogP contribution in [0.25, 0.3) is 10.8 Å². The molecule has 0 heterocycles. The van der Waals surface area contributed by atoms with Gasteiger partial charge in [0, 0.05) is 5.71 Å². The molecule has 110 valence electrons. The fourth-order valence-electron chi connectivity index (χ4n) is 2.51. The van der Waals surface area contributed by atoms with Crippen LogP contribution in [-0.4, -0.2) is 12.8 Å². The number of hydrogen-bond donors (Lipinski definition) is 0. The van der Waals surface area contributed by atoms with Gasteiger partial charge in [0.05, 0.1) is 12.8 Å². The van der Waals surface area contributed by atoms with Gasteiger partial charge in [-0.2, -0.15) is 0 Å². The second kappa shape index (κ2) is 6.02. The van der Waals surface area contributed by atoms with E-state index in [1.807, 2.05) is 31.2 Å². The smallest absolute Gasteiger partial charge is 0.119 e. The molecule has 0 aliphatic carbocycles. The van der Waals surface area contributed by atoms with Gasteiger partial charge in [0.25, 0.3) is 0 Å². The van der Waals surface area contributed by atoms with E-state index < -0.39 is 0 Å². The van der Waals surface area contributed by atoms with Crippen LogP contribution < -0.4 is 4.74 Å². The molecular formula is C20H19NO. The summed E-state index contributed by atoms with van der Waals surface area (Å²) in [5, 5.41) is 2.51. The third-order valence-electron chi connectivity index (χ3n) is 3.78. The van der Waals surface area contributed by atoms with Crippen molar-refractivity contribution in [3.8, 4) is 5.75 Å². The van der Waals surface area contributed by atoms with E-state index in [0.717, 1.165) is 22.7 Å². The Bertz CT molecular complexity index is 832. The maximum absolute atomic E-state index is 5.17. The molecule has 0 atom stereocenters. The van der Waals surface area contributed by atoms with Crippen LogP contribution in [0.2, 0.25) is 0 Å². The highest BCUT2D eigenvalue weighted by molar-refractivity contribution is 6.03. The van der Waals surface area contributed by atoms with Gasteiger partial charge in [-0.25, -0.2) is 0 Å². The summed E-state index contributed by atoms with van der Waals surface area (Å²) in [4.78, 5) is 4.69. The second-order valence-electron chi connectivity index (χ2n) is 5.46. The summed E-state index contributed by atoms with van der Waals surface area (Å²) in [5.74, 6) is 0.845. The summed E-state index contributed by atoms with van der Waals surface area (Å²) in [6, 6.07) is 20.8. The normalized spacial score (nSPS) is 11.7. The van der Waals surface area contributed by atoms with Gasteiger partial charge in [-0.15, -0.1) is 0 Å². The van der Waals surface area contributed by atoms with Crippen molar-refractivity contribution >= 4 is 22.2 Å². The topological polar surface area (TPSA) is 21.6 Å². The third-order valence-corrected chi connectivity index (χ3v) is 3.78. The van der Waals surface area contributed by atoms with Gasteiger partial charge in [-0.3, -0.25) is 4.99 Å². The number of aryl methyl sites for hydroxylation is 1. The molecule has 0 radical (unpaired) electrons. The van der Waals surface area contributed by atoms with Crippen LogP contribution in [0.4, 0.5) is 5.69 Å². The first-order valence-electron chi connectivity index (χ1n) is 7.36. The number of aliphatic imine (C=N–C) groups is 1. The van der Waals surface area contributed by atoms with Crippen molar-refractivity contribution in [3.05, 3.63) is 71.8 Å². The largest absolute Gasteiger partial charge is 0.497 e.